The highest BCUT2D eigenvalue weighted by atomic mass is 19.1. The van der Waals surface area contributed by atoms with Crippen molar-refractivity contribution >= 4 is 16.7 Å². The fraction of sp³-hybridized carbons (Fsp3) is 0.312. The maximum atomic E-state index is 13.7. The van der Waals surface area contributed by atoms with Gasteiger partial charge < -0.3 is 11.1 Å². The van der Waals surface area contributed by atoms with Gasteiger partial charge in [0.25, 0.3) is 5.91 Å². The first-order chi connectivity index (χ1) is 9.66. The Balaban J connectivity index is 1.82. The predicted molar refractivity (Wildman–Crippen MR) is 76.9 cm³/mol. The number of amides is 1. The lowest BCUT2D eigenvalue weighted by Gasteiger charge is -2.13. The lowest BCUT2D eigenvalue weighted by Crippen LogP contribution is -2.38. The lowest BCUT2D eigenvalue weighted by atomic mass is 10.0. The highest BCUT2D eigenvalue weighted by Gasteiger charge is 2.28. The Hall–Kier alpha value is -1.94. The third-order valence-electron chi connectivity index (χ3n) is 3.84. The molecule has 4 heteroatoms. The van der Waals surface area contributed by atoms with E-state index < -0.39 is 0 Å². The van der Waals surface area contributed by atoms with Gasteiger partial charge in [-0.15, -0.1) is 0 Å². The molecular weight excluding hydrogens is 255 g/mol. The minimum atomic E-state index is -0.313. The number of hydrogen-bond donors (Lipinski definition) is 2. The fourth-order valence-corrected chi connectivity index (χ4v) is 2.46. The van der Waals surface area contributed by atoms with Gasteiger partial charge in [-0.2, -0.15) is 0 Å². The van der Waals surface area contributed by atoms with Crippen LogP contribution in [0.25, 0.3) is 10.8 Å². The monoisotopic (exact) mass is 272 g/mol. The third kappa shape index (κ3) is 2.51. The molecule has 0 saturated heterocycles. The van der Waals surface area contributed by atoms with Crippen LogP contribution in [0.5, 0.6) is 0 Å². The second kappa shape index (κ2) is 5.21. The van der Waals surface area contributed by atoms with Crippen LogP contribution in [0, 0.1) is 11.7 Å². The van der Waals surface area contributed by atoms with Crippen molar-refractivity contribution in [3.63, 3.8) is 0 Å². The molecule has 3 N–H and O–H groups in total. The van der Waals surface area contributed by atoms with E-state index in [1.54, 1.807) is 24.3 Å². The molecule has 1 aliphatic carbocycles. The molecule has 2 aromatic rings. The molecule has 1 amide bonds. The molecule has 20 heavy (non-hydrogen) atoms. The Morgan fingerprint density at radius 3 is 2.65 bits per heavy atom. The van der Waals surface area contributed by atoms with Crippen LogP contribution in [0.1, 0.15) is 23.2 Å². The summed E-state index contributed by atoms with van der Waals surface area (Å²) in [5.74, 6) is 0.0318. The van der Waals surface area contributed by atoms with Crippen LogP contribution in [0.3, 0.4) is 0 Å². The summed E-state index contributed by atoms with van der Waals surface area (Å²) >= 11 is 0. The van der Waals surface area contributed by atoms with E-state index in [0.717, 1.165) is 12.8 Å². The zero-order valence-corrected chi connectivity index (χ0v) is 11.1. The Kier molecular flexibility index (Phi) is 3.40. The Labute approximate surface area is 117 Å². The van der Waals surface area contributed by atoms with Gasteiger partial charge in [-0.05, 0) is 36.3 Å². The Morgan fingerprint density at radius 1 is 1.25 bits per heavy atom. The van der Waals surface area contributed by atoms with Crippen molar-refractivity contribution in [2.45, 2.75) is 18.9 Å². The molecule has 0 bridgehead atoms. The average Bonchev–Trinajstić information content (AvgIpc) is 3.30. The van der Waals surface area contributed by atoms with Crippen LogP contribution < -0.4 is 11.1 Å². The summed E-state index contributed by atoms with van der Waals surface area (Å²) < 4.78 is 13.7. The topological polar surface area (TPSA) is 55.1 Å². The zero-order chi connectivity index (χ0) is 14.1. The van der Waals surface area contributed by atoms with E-state index in [9.17, 15) is 9.18 Å². The minimum Gasteiger partial charge on any atom is -0.350 e. The molecule has 3 nitrogen and oxygen atoms in total. The summed E-state index contributed by atoms with van der Waals surface area (Å²) in [6.07, 6.45) is 2.30. The summed E-state index contributed by atoms with van der Waals surface area (Å²) in [7, 11) is 0. The number of hydrogen-bond acceptors (Lipinski definition) is 2. The van der Waals surface area contributed by atoms with E-state index in [2.05, 4.69) is 5.32 Å². The van der Waals surface area contributed by atoms with E-state index in [4.69, 9.17) is 5.73 Å². The van der Waals surface area contributed by atoms with Gasteiger partial charge in [0.05, 0.1) is 0 Å². The number of nitrogens with one attached hydrogen (secondary N) is 1. The van der Waals surface area contributed by atoms with Crippen molar-refractivity contribution in [3.8, 4) is 0 Å². The van der Waals surface area contributed by atoms with Gasteiger partial charge in [0.2, 0.25) is 0 Å². The molecule has 1 atom stereocenters. The zero-order valence-electron chi connectivity index (χ0n) is 11.1. The molecule has 1 unspecified atom stereocenters. The average molecular weight is 272 g/mol. The van der Waals surface area contributed by atoms with Crippen LogP contribution >= 0.6 is 0 Å². The standard InChI is InChI=1S/C16H17FN2O/c17-14-8-7-13(11-3-1-2-4-12(11)14)16(20)19-9-15(18)10-5-6-10/h1-4,7-8,10,15H,5-6,9,18H2,(H,19,20). The largest absolute Gasteiger partial charge is 0.350 e. The number of fused-ring (bicyclic) bond motifs is 1. The first kappa shape index (κ1) is 13.1. The number of carbonyl (C=O) groups is 1. The first-order valence-corrected chi connectivity index (χ1v) is 6.88. The second-order valence-corrected chi connectivity index (χ2v) is 5.35. The molecule has 2 aromatic carbocycles. The Morgan fingerprint density at radius 2 is 1.95 bits per heavy atom. The van der Waals surface area contributed by atoms with Crippen molar-refractivity contribution < 1.29 is 9.18 Å². The van der Waals surface area contributed by atoms with E-state index in [1.807, 2.05) is 0 Å². The molecule has 1 fully saturated rings. The van der Waals surface area contributed by atoms with Crippen molar-refractivity contribution in [1.82, 2.24) is 5.32 Å². The van der Waals surface area contributed by atoms with Crippen molar-refractivity contribution in [2.75, 3.05) is 6.54 Å². The van der Waals surface area contributed by atoms with Gasteiger partial charge in [0.15, 0.2) is 0 Å². The van der Waals surface area contributed by atoms with E-state index in [0.29, 0.717) is 28.8 Å². The summed E-state index contributed by atoms with van der Waals surface area (Å²) in [6, 6.07) is 9.87. The van der Waals surface area contributed by atoms with Gasteiger partial charge in [-0.1, -0.05) is 24.3 Å². The molecule has 0 radical (unpaired) electrons. The van der Waals surface area contributed by atoms with E-state index in [-0.39, 0.29) is 17.8 Å². The third-order valence-corrected chi connectivity index (χ3v) is 3.84. The lowest BCUT2D eigenvalue weighted by molar-refractivity contribution is 0.0952. The van der Waals surface area contributed by atoms with Crippen LogP contribution in [0.2, 0.25) is 0 Å². The SMILES string of the molecule is NC(CNC(=O)c1ccc(F)c2ccccc12)C1CC1. The maximum absolute atomic E-state index is 13.7. The molecule has 1 aliphatic rings. The summed E-state index contributed by atoms with van der Waals surface area (Å²) in [6.45, 7) is 0.467. The molecule has 0 spiro atoms. The van der Waals surface area contributed by atoms with Crippen LogP contribution in [-0.2, 0) is 0 Å². The molecule has 0 heterocycles. The highest BCUT2D eigenvalue weighted by Crippen LogP contribution is 2.31. The quantitative estimate of drug-likeness (QED) is 0.898. The number of rotatable bonds is 4. The van der Waals surface area contributed by atoms with Gasteiger partial charge in [-0.3, -0.25) is 4.79 Å². The summed E-state index contributed by atoms with van der Waals surface area (Å²) in [5, 5.41) is 3.94. The summed E-state index contributed by atoms with van der Waals surface area (Å²) in [5.41, 5.74) is 6.46. The molecule has 0 aromatic heterocycles. The first-order valence-electron chi connectivity index (χ1n) is 6.88. The number of carbonyl (C=O) groups excluding carboxylic acids is 1. The normalized spacial score (nSPS) is 16.1. The van der Waals surface area contributed by atoms with Crippen molar-refractivity contribution in [2.24, 2.45) is 11.7 Å². The van der Waals surface area contributed by atoms with Gasteiger partial charge in [0, 0.05) is 23.5 Å². The van der Waals surface area contributed by atoms with Crippen LogP contribution in [-0.4, -0.2) is 18.5 Å². The number of benzene rings is 2. The predicted octanol–water partition coefficient (Wildman–Crippen LogP) is 2.45. The van der Waals surface area contributed by atoms with Gasteiger partial charge in [0.1, 0.15) is 5.82 Å². The molecular formula is C16H17FN2O. The van der Waals surface area contributed by atoms with Crippen LogP contribution in [0.4, 0.5) is 4.39 Å². The fourth-order valence-electron chi connectivity index (χ4n) is 2.46. The molecule has 3 rings (SSSR count). The van der Waals surface area contributed by atoms with Crippen molar-refractivity contribution in [3.05, 3.63) is 47.8 Å². The van der Waals surface area contributed by atoms with Gasteiger partial charge >= 0.3 is 0 Å². The number of halogens is 1. The summed E-state index contributed by atoms with van der Waals surface area (Å²) in [4.78, 5) is 12.2. The van der Waals surface area contributed by atoms with Gasteiger partial charge in [-0.25, -0.2) is 4.39 Å². The smallest absolute Gasteiger partial charge is 0.251 e. The van der Waals surface area contributed by atoms with E-state index >= 15 is 0 Å². The second-order valence-electron chi connectivity index (χ2n) is 5.35. The maximum Gasteiger partial charge on any atom is 0.251 e. The molecule has 104 valence electrons. The van der Waals surface area contributed by atoms with E-state index in [1.165, 1.54) is 12.1 Å². The Bertz CT molecular complexity index is 652. The van der Waals surface area contributed by atoms with Crippen LogP contribution in [0.15, 0.2) is 36.4 Å². The number of nitrogens with two attached hydrogens (primary N) is 1. The molecule has 0 aliphatic heterocycles. The molecule has 1 saturated carbocycles. The van der Waals surface area contributed by atoms with Crippen molar-refractivity contribution in [1.29, 1.82) is 0 Å². The highest BCUT2D eigenvalue weighted by molar-refractivity contribution is 6.07. The minimum absolute atomic E-state index is 0.0191.